The van der Waals surface area contributed by atoms with Crippen LogP contribution in [0.2, 0.25) is 0 Å². The van der Waals surface area contributed by atoms with Crippen LogP contribution in [0.15, 0.2) is 60.7 Å². The normalized spacial score (nSPS) is 16.2. The second kappa shape index (κ2) is 9.00. The van der Waals surface area contributed by atoms with Gasteiger partial charge >= 0.3 is 0 Å². The summed E-state index contributed by atoms with van der Waals surface area (Å²) in [7, 11) is 0. The van der Waals surface area contributed by atoms with E-state index in [1.54, 1.807) is 0 Å². The highest BCUT2D eigenvalue weighted by atomic mass is 16.3. The number of hydrogen-bond acceptors (Lipinski definition) is 2. The molecule has 2 aromatic rings. The number of benzene rings is 2. The van der Waals surface area contributed by atoms with Crippen molar-refractivity contribution in [3.8, 4) is 0 Å². The molecule has 1 N–H and O–H groups in total. The van der Waals surface area contributed by atoms with Crippen molar-refractivity contribution in [3.63, 3.8) is 0 Å². The first-order valence-electron chi connectivity index (χ1n) is 9.73. The Morgan fingerprint density at radius 1 is 0.846 bits per heavy atom. The number of nitrogens with zero attached hydrogens (tertiary/aromatic N) is 1. The zero-order valence-corrected chi connectivity index (χ0v) is 15.4. The van der Waals surface area contributed by atoms with E-state index < -0.39 is 5.60 Å². The summed E-state index contributed by atoms with van der Waals surface area (Å²) in [6.45, 7) is 1.21. The van der Waals surface area contributed by atoms with Crippen molar-refractivity contribution in [1.82, 2.24) is 4.90 Å². The Hall–Kier alpha value is -2.13. The maximum atomic E-state index is 13.0. The largest absolute Gasteiger partial charge is 0.390 e. The molecular weight excluding hydrogens is 322 g/mol. The lowest BCUT2D eigenvalue weighted by atomic mass is 9.81. The van der Waals surface area contributed by atoms with E-state index in [4.69, 9.17) is 0 Å². The van der Waals surface area contributed by atoms with Gasteiger partial charge in [-0.05, 0) is 30.4 Å². The van der Waals surface area contributed by atoms with Crippen LogP contribution in [0.1, 0.15) is 56.1 Å². The molecule has 3 rings (SSSR count). The number of carbonyl (C=O) groups excluding carboxylic acids is 1. The van der Waals surface area contributed by atoms with Crippen LogP contribution in [0, 0.1) is 0 Å². The SMILES string of the molecule is O=C(CCC1(O)CCCCC1)N(Cc1ccccc1)Cc1ccccc1. The fourth-order valence-corrected chi connectivity index (χ4v) is 3.80. The van der Waals surface area contributed by atoms with E-state index in [2.05, 4.69) is 24.3 Å². The van der Waals surface area contributed by atoms with Gasteiger partial charge in [-0.1, -0.05) is 79.9 Å². The molecule has 2 aromatic carbocycles. The zero-order chi connectivity index (χ0) is 18.2. The van der Waals surface area contributed by atoms with E-state index in [1.807, 2.05) is 41.3 Å². The van der Waals surface area contributed by atoms with Crippen molar-refractivity contribution in [2.45, 2.75) is 63.6 Å². The Labute approximate surface area is 156 Å². The van der Waals surface area contributed by atoms with Crippen molar-refractivity contribution in [3.05, 3.63) is 71.8 Å². The molecule has 1 saturated carbocycles. The molecular formula is C23H29NO2. The summed E-state index contributed by atoms with van der Waals surface area (Å²) in [4.78, 5) is 14.9. The fourth-order valence-electron chi connectivity index (χ4n) is 3.80. The van der Waals surface area contributed by atoms with Gasteiger partial charge in [-0.25, -0.2) is 0 Å². The molecule has 0 unspecified atom stereocenters. The third kappa shape index (κ3) is 5.43. The number of carbonyl (C=O) groups is 1. The van der Waals surface area contributed by atoms with Gasteiger partial charge in [-0.2, -0.15) is 0 Å². The summed E-state index contributed by atoms with van der Waals surface area (Å²) < 4.78 is 0. The molecule has 1 amide bonds. The van der Waals surface area contributed by atoms with Crippen LogP contribution in [0.25, 0.3) is 0 Å². The molecule has 0 bridgehead atoms. The van der Waals surface area contributed by atoms with Crippen molar-refractivity contribution in [1.29, 1.82) is 0 Å². The molecule has 138 valence electrons. The van der Waals surface area contributed by atoms with Crippen LogP contribution >= 0.6 is 0 Å². The lowest BCUT2D eigenvalue weighted by Gasteiger charge is -2.33. The fraction of sp³-hybridized carbons (Fsp3) is 0.435. The summed E-state index contributed by atoms with van der Waals surface area (Å²) in [6.07, 6.45) is 5.99. The van der Waals surface area contributed by atoms with Crippen molar-refractivity contribution in [2.75, 3.05) is 0 Å². The Balaban J connectivity index is 1.66. The lowest BCUT2D eigenvalue weighted by Crippen LogP contribution is -2.35. The molecule has 1 fully saturated rings. The Bertz CT molecular complexity index is 636. The smallest absolute Gasteiger partial charge is 0.223 e. The summed E-state index contributed by atoms with van der Waals surface area (Å²) in [5, 5.41) is 10.7. The van der Waals surface area contributed by atoms with Crippen LogP contribution in [0.3, 0.4) is 0 Å². The first-order valence-corrected chi connectivity index (χ1v) is 9.73. The molecule has 1 aliphatic carbocycles. The van der Waals surface area contributed by atoms with E-state index in [9.17, 15) is 9.90 Å². The Morgan fingerprint density at radius 2 is 1.35 bits per heavy atom. The third-order valence-corrected chi connectivity index (χ3v) is 5.37. The molecule has 26 heavy (non-hydrogen) atoms. The minimum absolute atomic E-state index is 0.122. The van der Waals surface area contributed by atoms with Crippen LogP contribution < -0.4 is 0 Å². The van der Waals surface area contributed by atoms with E-state index in [1.165, 1.54) is 6.42 Å². The number of rotatable bonds is 7. The van der Waals surface area contributed by atoms with Crippen LogP contribution in [0.5, 0.6) is 0 Å². The van der Waals surface area contributed by atoms with E-state index in [-0.39, 0.29) is 5.91 Å². The summed E-state index contributed by atoms with van der Waals surface area (Å²) >= 11 is 0. The molecule has 0 aromatic heterocycles. The molecule has 0 atom stereocenters. The highest BCUT2D eigenvalue weighted by molar-refractivity contribution is 5.76. The van der Waals surface area contributed by atoms with Crippen molar-refractivity contribution in [2.24, 2.45) is 0 Å². The van der Waals surface area contributed by atoms with Crippen molar-refractivity contribution >= 4 is 5.91 Å². The van der Waals surface area contributed by atoms with Gasteiger partial charge in [0.2, 0.25) is 5.91 Å². The number of aliphatic hydroxyl groups is 1. The molecule has 0 spiro atoms. The highest BCUT2D eigenvalue weighted by Gasteiger charge is 2.30. The van der Waals surface area contributed by atoms with E-state index >= 15 is 0 Å². The standard InChI is InChI=1S/C23H29NO2/c25-22(14-17-23(26)15-8-3-9-16-23)24(18-20-10-4-1-5-11-20)19-21-12-6-2-7-13-21/h1-2,4-7,10-13,26H,3,8-9,14-19H2. The van der Waals surface area contributed by atoms with Gasteiger partial charge in [0.05, 0.1) is 5.60 Å². The maximum absolute atomic E-state index is 13.0. The van der Waals surface area contributed by atoms with E-state index in [0.29, 0.717) is 25.9 Å². The molecule has 0 saturated heterocycles. The van der Waals surface area contributed by atoms with E-state index in [0.717, 1.165) is 36.8 Å². The summed E-state index contributed by atoms with van der Waals surface area (Å²) in [6, 6.07) is 20.2. The van der Waals surface area contributed by atoms with Gasteiger partial charge in [0.25, 0.3) is 0 Å². The highest BCUT2D eigenvalue weighted by Crippen LogP contribution is 2.32. The van der Waals surface area contributed by atoms with Gasteiger partial charge in [0.1, 0.15) is 0 Å². The second-order valence-corrected chi connectivity index (χ2v) is 7.51. The number of hydrogen-bond donors (Lipinski definition) is 1. The van der Waals surface area contributed by atoms with Gasteiger partial charge in [-0.3, -0.25) is 4.79 Å². The van der Waals surface area contributed by atoms with Gasteiger partial charge < -0.3 is 10.0 Å². The van der Waals surface area contributed by atoms with Crippen LogP contribution in [0.4, 0.5) is 0 Å². The first-order chi connectivity index (χ1) is 12.6. The van der Waals surface area contributed by atoms with Crippen LogP contribution in [-0.2, 0) is 17.9 Å². The monoisotopic (exact) mass is 351 g/mol. The van der Waals surface area contributed by atoms with Gasteiger partial charge in [0.15, 0.2) is 0 Å². The summed E-state index contributed by atoms with van der Waals surface area (Å²) in [5.74, 6) is 0.122. The molecule has 3 nitrogen and oxygen atoms in total. The topological polar surface area (TPSA) is 40.5 Å². The Morgan fingerprint density at radius 3 is 1.85 bits per heavy atom. The third-order valence-electron chi connectivity index (χ3n) is 5.37. The predicted molar refractivity (Wildman–Crippen MR) is 104 cm³/mol. The lowest BCUT2D eigenvalue weighted by molar-refractivity contribution is -0.134. The molecule has 1 aliphatic rings. The average Bonchev–Trinajstić information content (AvgIpc) is 2.68. The predicted octanol–water partition coefficient (Wildman–Crippen LogP) is 4.69. The molecule has 0 aliphatic heterocycles. The minimum atomic E-state index is -0.640. The average molecular weight is 351 g/mol. The number of amides is 1. The summed E-state index contributed by atoms with van der Waals surface area (Å²) in [5.41, 5.74) is 1.63. The van der Waals surface area contributed by atoms with Crippen molar-refractivity contribution < 1.29 is 9.90 Å². The van der Waals surface area contributed by atoms with Crippen LogP contribution in [-0.4, -0.2) is 21.5 Å². The maximum Gasteiger partial charge on any atom is 0.223 e. The molecule has 3 heteroatoms. The van der Waals surface area contributed by atoms with Gasteiger partial charge in [-0.15, -0.1) is 0 Å². The second-order valence-electron chi connectivity index (χ2n) is 7.51. The Kier molecular flexibility index (Phi) is 6.45. The zero-order valence-electron chi connectivity index (χ0n) is 15.4. The minimum Gasteiger partial charge on any atom is -0.390 e. The molecule has 0 radical (unpaired) electrons. The first kappa shape index (κ1) is 18.7. The van der Waals surface area contributed by atoms with Gasteiger partial charge in [0, 0.05) is 19.5 Å². The quantitative estimate of drug-likeness (QED) is 0.786. The molecule has 0 heterocycles.